The molecule has 1 aliphatic carbocycles. The Morgan fingerprint density at radius 3 is 2.50 bits per heavy atom. The molecular weight excluding hydrogens is 148 g/mol. The van der Waals surface area contributed by atoms with Crippen molar-refractivity contribution in [2.45, 2.75) is 57.5 Å². The van der Waals surface area contributed by atoms with Crippen LogP contribution >= 0.6 is 0 Å². The zero-order valence-electron chi connectivity index (χ0n) is 8.40. The van der Waals surface area contributed by atoms with E-state index in [1.54, 1.807) is 0 Å². The topological polar surface area (TPSA) is 38.0 Å². The maximum absolute atomic E-state index is 5.68. The first-order valence-corrected chi connectivity index (χ1v) is 5.13. The summed E-state index contributed by atoms with van der Waals surface area (Å²) in [5, 5.41) is 3.61. The zero-order valence-corrected chi connectivity index (χ0v) is 8.40. The second kappa shape index (κ2) is 4.24. The van der Waals surface area contributed by atoms with Gasteiger partial charge in [-0.05, 0) is 39.7 Å². The molecule has 72 valence electrons. The van der Waals surface area contributed by atoms with E-state index in [-0.39, 0.29) is 0 Å². The third-order valence-corrected chi connectivity index (χ3v) is 2.86. The normalized spacial score (nSPS) is 24.2. The molecule has 0 heterocycles. The van der Waals surface area contributed by atoms with Gasteiger partial charge in [0.2, 0.25) is 0 Å². The van der Waals surface area contributed by atoms with E-state index in [1.807, 2.05) is 0 Å². The van der Waals surface area contributed by atoms with Crippen molar-refractivity contribution in [3.05, 3.63) is 0 Å². The maximum Gasteiger partial charge on any atom is 0.0153 e. The molecule has 12 heavy (non-hydrogen) atoms. The SMILES string of the molecule is CC(N)CCNC1(C)CCCC1. The van der Waals surface area contributed by atoms with Gasteiger partial charge in [0.15, 0.2) is 0 Å². The Hall–Kier alpha value is -0.0800. The van der Waals surface area contributed by atoms with Gasteiger partial charge in [-0.1, -0.05) is 12.8 Å². The van der Waals surface area contributed by atoms with Gasteiger partial charge < -0.3 is 11.1 Å². The van der Waals surface area contributed by atoms with E-state index < -0.39 is 0 Å². The standard InChI is InChI=1S/C10H22N2/c1-9(11)5-8-12-10(2)6-3-4-7-10/h9,12H,3-8,11H2,1-2H3. The fourth-order valence-corrected chi connectivity index (χ4v) is 1.93. The molecule has 0 spiro atoms. The van der Waals surface area contributed by atoms with Crippen LogP contribution in [0.3, 0.4) is 0 Å². The van der Waals surface area contributed by atoms with Crippen molar-refractivity contribution in [2.75, 3.05) is 6.54 Å². The molecule has 0 radical (unpaired) electrons. The molecule has 0 saturated heterocycles. The Bertz CT molecular complexity index is 126. The van der Waals surface area contributed by atoms with Crippen LogP contribution in [0.2, 0.25) is 0 Å². The van der Waals surface area contributed by atoms with Crippen molar-refractivity contribution < 1.29 is 0 Å². The van der Waals surface area contributed by atoms with Gasteiger partial charge in [-0.15, -0.1) is 0 Å². The highest BCUT2D eigenvalue weighted by molar-refractivity contribution is 4.87. The molecule has 3 N–H and O–H groups in total. The largest absolute Gasteiger partial charge is 0.328 e. The first kappa shape index (κ1) is 10.0. The van der Waals surface area contributed by atoms with Crippen molar-refractivity contribution in [2.24, 2.45) is 5.73 Å². The first-order chi connectivity index (χ1) is 5.62. The van der Waals surface area contributed by atoms with Crippen molar-refractivity contribution >= 4 is 0 Å². The van der Waals surface area contributed by atoms with E-state index in [9.17, 15) is 0 Å². The fraction of sp³-hybridized carbons (Fsp3) is 1.00. The molecule has 1 saturated carbocycles. The van der Waals surface area contributed by atoms with Gasteiger partial charge in [-0.25, -0.2) is 0 Å². The molecule has 1 atom stereocenters. The lowest BCUT2D eigenvalue weighted by Gasteiger charge is -2.25. The number of rotatable bonds is 4. The third kappa shape index (κ3) is 3.11. The van der Waals surface area contributed by atoms with Gasteiger partial charge in [0, 0.05) is 11.6 Å². The molecule has 1 fully saturated rings. The Labute approximate surface area is 75.9 Å². The van der Waals surface area contributed by atoms with Gasteiger partial charge in [-0.3, -0.25) is 0 Å². The summed E-state index contributed by atoms with van der Waals surface area (Å²) in [4.78, 5) is 0. The van der Waals surface area contributed by atoms with Crippen LogP contribution in [0.5, 0.6) is 0 Å². The number of hydrogen-bond donors (Lipinski definition) is 2. The Balaban J connectivity index is 2.13. The quantitative estimate of drug-likeness (QED) is 0.673. The predicted octanol–water partition coefficient (Wildman–Crippen LogP) is 1.65. The lowest BCUT2D eigenvalue weighted by molar-refractivity contribution is 0.358. The zero-order chi connectivity index (χ0) is 9.03. The minimum Gasteiger partial charge on any atom is -0.328 e. The van der Waals surface area contributed by atoms with Crippen molar-refractivity contribution in [1.29, 1.82) is 0 Å². The van der Waals surface area contributed by atoms with Crippen LogP contribution in [0.25, 0.3) is 0 Å². The van der Waals surface area contributed by atoms with E-state index in [0.29, 0.717) is 11.6 Å². The van der Waals surface area contributed by atoms with Gasteiger partial charge >= 0.3 is 0 Å². The summed E-state index contributed by atoms with van der Waals surface area (Å²) in [5.74, 6) is 0. The summed E-state index contributed by atoms with van der Waals surface area (Å²) in [7, 11) is 0. The van der Waals surface area contributed by atoms with Gasteiger partial charge in [0.1, 0.15) is 0 Å². The third-order valence-electron chi connectivity index (χ3n) is 2.86. The molecule has 1 unspecified atom stereocenters. The smallest absolute Gasteiger partial charge is 0.0153 e. The molecule has 0 amide bonds. The van der Waals surface area contributed by atoms with Crippen molar-refractivity contribution in [3.8, 4) is 0 Å². The molecule has 0 aromatic rings. The van der Waals surface area contributed by atoms with E-state index in [4.69, 9.17) is 5.73 Å². The van der Waals surface area contributed by atoms with Crippen LogP contribution in [-0.4, -0.2) is 18.1 Å². The molecule has 0 aromatic heterocycles. The van der Waals surface area contributed by atoms with Crippen LogP contribution in [0.15, 0.2) is 0 Å². The van der Waals surface area contributed by atoms with Crippen LogP contribution in [0, 0.1) is 0 Å². The molecule has 2 nitrogen and oxygen atoms in total. The highest BCUT2D eigenvalue weighted by atomic mass is 15.0. The molecule has 1 rings (SSSR count). The Morgan fingerprint density at radius 1 is 1.42 bits per heavy atom. The summed E-state index contributed by atoms with van der Waals surface area (Å²) < 4.78 is 0. The average Bonchev–Trinajstić information content (AvgIpc) is 2.35. The van der Waals surface area contributed by atoms with Crippen LogP contribution < -0.4 is 11.1 Å². The summed E-state index contributed by atoms with van der Waals surface area (Å²) in [6.45, 7) is 5.48. The summed E-state index contributed by atoms with van der Waals surface area (Å²) in [5.41, 5.74) is 6.11. The molecule has 0 aliphatic heterocycles. The molecule has 0 bridgehead atoms. The molecular formula is C10H22N2. The Kier molecular flexibility index (Phi) is 3.53. The van der Waals surface area contributed by atoms with Crippen LogP contribution in [0.1, 0.15) is 46.0 Å². The average molecular weight is 170 g/mol. The minimum atomic E-state index is 0.336. The first-order valence-electron chi connectivity index (χ1n) is 5.13. The Morgan fingerprint density at radius 2 is 2.00 bits per heavy atom. The van der Waals surface area contributed by atoms with Crippen LogP contribution in [-0.2, 0) is 0 Å². The molecule has 0 aromatic carbocycles. The van der Waals surface area contributed by atoms with Crippen LogP contribution in [0.4, 0.5) is 0 Å². The van der Waals surface area contributed by atoms with Crippen molar-refractivity contribution in [3.63, 3.8) is 0 Å². The van der Waals surface area contributed by atoms with Gasteiger partial charge in [-0.2, -0.15) is 0 Å². The second-order valence-corrected chi connectivity index (χ2v) is 4.46. The highest BCUT2D eigenvalue weighted by Gasteiger charge is 2.27. The van der Waals surface area contributed by atoms with E-state index >= 15 is 0 Å². The fourth-order valence-electron chi connectivity index (χ4n) is 1.93. The monoisotopic (exact) mass is 170 g/mol. The predicted molar refractivity (Wildman–Crippen MR) is 53.1 cm³/mol. The van der Waals surface area contributed by atoms with Gasteiger partial charge in [0.25, 0.3) is 0 Å². The highest BCUT2D eigenvalue weighted by Crippen LogP contribution is 2.28. The van der Waals surface area contributed by atoms with Gasteiger partial charge in [0.05, 0.1) is 0 Å². The summed E-state index contributed by atoms with van der Waals surface area (Å²) >= 11 is 0. The lowest BCUT2D eigenvalue weighted by atomic mass is 10.0. The molecule has 1 aliphatic rings. The summed E-state index contributed by atoms with van der Waals surface area (Å²) in [6.07, 6.45) is 6.55. The van der Waals surface area contributed by atoms with Crippen molar-refractivity contribution in [1.82, 2.24) is 5.32 Å². The van der Waals surface area contributed by atoms with E-state index in [1.165, 1.54) is 25.7 Å². The second-order valence-electron chi connectivity index (χ2n) is 4.46. The summed E-state index contributed by atoms with van der Waals surface area (Å²) in [6, 6.07) is 0.336. The van der Waals surface area contributed by atoms with E-state index in [0.717, 1.165) is 13.0 Å². The maximum atomic E-state index is 5.68. The number of nitrogens with one attached hydrogen (secondary N) is 1. The number of nitrogens with two attached hydrogens (primary N) is 1. The lowest BCUT2D eigenvalue weighted by Crippen LogP contribution is -2.41. The minimum absolute atomic E-state index is 0.336. The van der Waals surface area contributed by atoms with E-state index in [2.05, 4.69) is 19.2 Å². The number of hydrogen-bond acceptors (Lipinski definition) is 2. The molecule has 2 heteroatoms.